The largest absolute Gasteiger partial charge is 0.494 e. The fourth-order valence-corrected chi connectivity index (χ4v) is 6.49. The number of benzene rings is 3. The molecule has 1 N–H and O–H groups in total. The van der Waals surface area contributed by atoms with Gasteiger partial charge in [-0.15, -0.1) is 0 Å². The molecule has 1 aliphatic carbocycles. The van der Waals surface area contributed by atoms with E-state index in [1.165, 1.54) is 56.4 Å². The Morgan fingerprint density at radius 3 is 2.25 bits per heavy atom. The molecule has 3 aromatic carbocycles. The summed E-state index contributed by atoms with van der Waals surface area (Å²) in [6.07, 6.45) is 5.18. The van der Waals surface area contributed by atoms with Crippen molar-refractivity contribution in [2.75, 3.05) is 31.7 Å². The number of rotatable bonds is 12. The molecule has 0 fully saturated rings. The molecule has 0 bridgehead atoms. The van der Waals surface area contributed by atoms with Crippen LogP contribution in [0.25, 0.3) is 0 Å². The molecule has 9 heteroatoms. The van der Waals surface area contributed by atoms with Crippen LogP contribution in [0.2, 0.25) is 0 Å². The molecule has 0 saturated carbocycles. The summed E-state index contributed by atoms with van der Waals surface area (Å²) in [7, 11) is -1.23. The van der Waals surface area contributed by atoms with Crippen LogP contribution in [0.15, 0.2) is 65.6 Å². The Labute approximate surface area is 237 Å². The lowest BCUT2D eigenvalue weighted by molar-refractivity contribution is -0.120. The summed E-state index contributed by atoms with van der Waals surface area (Å²) in [6, 6.07) is 17.2. The number of carbonyl (C=O) groups is 1. The lowest BCUT2D eigenvalue weighted by Gasteiger charge is -2.26. The summed E-state index contributed by atoms with van der Waals surface area (Å²) in [6.45, 7) is 3.97. The highest BCUT2D eigenvalue weighted by Crippen LogP contribution is 2.33. The number of aryl methyl sites for hydroxylation is 2. The van der Waals surface area contributed by atoms with Crippen LogP contribution in [0.1, 0.15) is 55.8 Å². The lowest BCUT2D eigenvalue weighted by Crippen LogP contribution is -2.42. The minimum atomic E-state index is -4.15. The predicted molar refractivity (Wildman–Crippen MR) is 156 cm³/mol. The quantitative estimate of drug-likeness (QED) is 0.314. The normalized spacial score (nSPS) is 13.6. The summed E-state index contributed by atoms with van der Waals surface area (Å²) >= 11 is 0. The van der Waals surface area contributed by atoms with E-state index in [1.807, 2.05) is 13.8 Å². The Bertz CT molecular complexity index is 1420. The van der Waals surface area contributed by atoms with Gasteiger partial charge in [-0.3, -0.25) is 9.10 Å². The average molecular weight is 567 g/mol. The van der Waals surface area contributed by atoms with Gasteiger partial charge in [0, 0.05) is 6.07 Å². The molecule has 1 atom stereocenters. The third kappa shape index (κ3) is 6.53. The van der Waals surface area contributed by atoms with Crippen LogP contribution in [-0.4, -0.2) is 41.7 Å². The van der Waals surface area contributed by atoms with Crippen molar-refractivity contribution in [3.63, 3.8) is 0 Å². The topological polar surface area (TPSA) is 94.2 Å². The molecule has 0 aliphatic heterocycles. The van der Waals surface area contributed by atoms with Crippen molar-refractivity contribution in [1.82, 2.24) is 5.32 Å². The fraction of sp³-hybridized carbons (Fsp3) is 0.387. The Hall–Kier alpha value is -3.72. The Kier molecular flexibility index (Phi) is 9.58. The van der Waals surface area contributed by atoms with E-state index < -0.39 is 22.5 Å². The number of anilines is 1. The van der Waals surface area contributed by atoms with E-state index in [4.69, 9.17) is 14.2 Å². The Balaban J connectivity index is 1.63. The maximum absolute atomic E-state index is 14.0. The number of hydrogen-bond donors (Lipinski definition) is 1. The third-order valence-corrected chi connectivity index (χ3v) is 8.95. The number of nitrogens with zero attached hydrogens (tertiary/aromatic N) is 1. The summed E-state index contributed by atoms with van der Waals surface area (Å²) in [4.78, 5) is 13.4. The van der Waals surface area contributed by atoms with E-state index in [0.29, 0.717) is 30.2 Å². The molecule has 40 heavy (non-hydrogen) atoms. The molecule has 0 saturated heterocycles. The van der Waals surface area contributed by atoms with Crippen molar-refractivity contribution in [3.05, 3.63) is 77.4 Å². The summed E-state index contributed by atoms with van der Waals surface area (Å²) in [5.74, 6) is 0.890. The van der Waals surface area contributed by atoms with E-state index in [9.17, 15) is 13.2 Å². The van der Waals surface area contributed by atoms with Crippen LogP contribution >= 0.6 is 0 Å². The summed E-state index contributed by atoms with van der Waals surface area (Å²) in [5, 5.41) is 3.07. The number of amides is 1. The zero-order valence-electron chi connectivity index (χ0n) is 23.6. The van der Waals surface area contributed by atoms with Gasteiger partial charge in [0.2, 0.25) is 5.91 Å². The van der Waals surface area contributed by atoms with Gasteiger partial charge in [0.25, 0.3) is 10.0 Å². The Morgan fingerprint density at radius 1 is 0.900 bits per heavy atom. The van der Waals surface area contributed by atoms with Gasteiger partial charge in [0.15, 0.2) is 11.5 Å². The maximum atomic E-state index is 14.0. The molecule has 1 amide bonds. The first-order chi connectivity index (χ1) is 19.3. The monoisotopic (exact) mass is 566 g/mol. The van der Waals surface area contributed by atoms with Crippen molar-refractivity contribution in [1.29, 1.82) is 0 Å². The van der Waals surface area contributed by atoms with Crippen molar-refractivity contribution >= 4 is 21.6 Å². The minimum absolute atomic E-state index is 0.0198. The molecule has 8 nitrogen and oxygen atoms in total. The van der Waals surface area contributed by atoms with Crippen LogP contribution in [0, 0.1) is 0 Å². The smallest absolute Gasteiger partial charge is 0.264 e. The first-order valence-electron chi connectivity index (χ1n) is 13.7. The zero-order valence-corrected chi connectivity index (χ0v) is 24.4. The van der Waals surface area contributed by atoms with Crippen molar-refractivity contribution in [2.45, 2.75) is 56.9 Å². The zero-order chi connectivity index (χ0) is 28.7. The van der Waals surface area contributed by atoms with Gasteiger partial charge >= 0.3 is 0 Å². The molecule has 214 valence electrons. The lowest BCUT2D eigenvalue weighted by atomic mass is 9.89. The third-order valence-electron chi connectivity index (χ3n) is 7.18. The molecule has 1 aliphatic rings. The first kappa shape index (κ1) is 29.3. The summed E-state index contributed by atoms with van der Waals surface area (Å²) < 4.78 is 45.1. The maximum Gasteiger partial charge on any atom is 0.264 e. The molecule has 3 aromatic rings. The van der Waals surface area contributed by atoms with Gasteiger partial charge in [-0.05, 0) is 92.1 Å². The van der Waals surface area contributed by atoms with Gasteiger partial charge in [-0.2, -0.15) is 0 Å². The highest BCUT2D eigenvalue weighted by atomic mass is 32.2. The van der Waals surface area contributed by atoms with Gasteiger partial charge in [-0.1, -0.05) is 25.1 Å². The van der Waals surface area contributed by atoms with Crippen LogP contribution in [0.5, 0.6) is 17.2 Å². The standard InChI is InChI=1S/C31H38N2O6S/c1-5-28(24-12-11-22-9-7-8-10-23(22)19-24)32-31(34)21-33(25-13-15-26(16-14-25)39-6-2)40(35,36)27-17-18-29(37-3)30(20-27)38-4/h11-20,28H,5-10,21H2,1-4H3,(H,32,34)/t28-/m1/s1. The minimum Gasteiger partial charge on any atom is -0.494 e. The van der Waals surface area contributed by atoms with Gasteiger partial charge in [0.1, 0.15) is 12.3 Å². The van der Waals surface area contributed by atoms with Crippen molar-refractivity contribution in [2.24, 2.45) is 0 Å². The van der Waals surface area contributed by atoms with E-state index in [-0.39, 0.29) is 16.7 Å². The van der Waals surface area contributed by atoms with E-state index in [0.717, 1.165) is 22.7 Å². The van der Waals surface area contributed by atoms with Crippen LogP contribution in [-0.2, 0) is 27.7 Å². The number of hydrogen-bond acceptors (Lipinski definition) is 6. The van der Waals surface area contributed by atoms with Crippen molar-refractivity contribution < 1.29 is 27.4 Å². The second-order valence-corrected chi connectivity index (χ2v) is 11.6. The number of carbonyl (C=O) groups excluding carboxylic acids is 1. The molecular weight excluding hydrogens is 528 g/mol. The van der Waals surface area contributed by atoms with Gasteiger partial charge in [-0.25, -0.2) is 8.42 Å². The second-order valence-electron chi connectivity index (χ2n) is 9.72. The van der Waals surface area contributed by atoms with E-state index in [2.05, 4.69) is 23.5 Å². The fourth-order valence-electron chi connectivity index (χ4n) is 5.06. The van der Waals surface area contributed by atoms with E-state index >= 15 is 0 Å². The van der Waals surface area contributed by atoms with Crippen LogP contribution < -0.4 is 23.8 Å². The van der Waals surface area contributed by atoms with Crippen LogP contribution in [0.3, 0.4) is 0 Å². The first-order valence-corrected chi connectivity index (χ1v) is 15.1. The molecule has 0 spiro atoms. The molecule has 0 heterocycles. The number of fused-ring (bicyclic) bond motifs is 1. The molecule has 4 rings (SSSR count). The second kappa shape index (κ2) is 13.1. The average Bonchev–Trinajstić information content (AvgIpc) is 2.98. The Morgan fingerprint density at radius 2 is 1.60 bits per heavy atom. The molecular formula is C31H38N2O6S. The number of ether oxygens (including phenoxy) is 3. The van der Waals surface area contributed by atoms with E-state index in [1.54, 1.807) is 24.3 Å². The number of nitrogens with one attached hydrogen (secondary N) is 1. The van der Waals surface area contributed by atoms with Crippen LogP contribution in [0.4, 0.5) is 5.69 Å². The highest BCUT2D eigenvalue weighted by molar-refractivity contribution is 7.92. The number of sulfonamides is 1. The SMILES string of the molecule is CCOc1ccc(N(CC(=O)N[C@H](CC)c2ccc3c(c2)CCCC3)S(=O)(=O)c2ccc(OC)c(OC)c2)cc1. The predicted octanol–water partition coefficient (Wildman–Crippen LogP) is 5.44. The van der Waals surface area contributed by atoms with Gasteiger partial charge < -0.3 is 19.5 Å². The van der Waals surface area contributed by atoms with Gasteiger partial charge in [0.05, 0.1) is 37.5 Å². The molecule has 0 radical (unpaired) electrons. The molecule has 0 unspecified atom stereocenters. The highest BCUT2D eigenvalue weighted by Gasteiger charge is 2.29. The molecule has 0 aromatic heterocycles. The number of methoxy groups -OCH3 is 2. The van der Waals surface area contributed by atoms with Crippen molar-refractivity contribution in [3.8, 4) is 17.2 Å². The summed E-state index contributed by atoms with van der Waals surface area (Å²) in [5.41, 5.74) is 4.09.